The summed E-state index contributed by atoms with van der Waals surface area (Å²) in [4.78, 5) is 0. The van der Waals surface area contributed by atoms with Crippen LogP contribution in [0, 0.1) is 0 Å². The van der Waals surface area contributed by atoms with Crippen molar-refractivity contribution in [3.05, 3.63) is 5.82 Å². The molecule has 8 heteroatoms. The molecular weight excluding hydrogens is 256 g/mol. The van der Waals surface area contributed by atoms with Gasteiger partial charge in [-0.15, -0.1) is 10.2 Å². The number of aromatic nitrogens is 3. The van der Waals surface area contributed by atoms with Crippen molar-refractivity contribution < 1.29 is 13.2 Å². The van der Waals surface area contributed by atoms with E-state index < -0.39 is 10.0 Å². The summed E-state index contributed by atoms with van der Waals surface area (Å²) in [7, 11) is -3.84. The monoisotopic (exact) mass is 274 g/mol. The molecule has 2 rings (SSSR count). The maximum atomic E-state index is 11.5. The van der Waals surface area contributed by atoms with Crippen LogP contribution >= 0.6 is 0 Å². The fourth-order valence-electron chi connectivity index (χ4n) is 2.20. The van der Waals surface area contributed by atoms with E-state index in [4.69, 9.17) is 9.88 Å². The summed E-state index contributed by atoms with van der Waals surface area (Å²) in [5.41, 5.74) is 0. The van der Waals surface area contributed by atoms with Crippen LogP contribution in [0.3, 0.4) is 0 Å². The molecule has 2 N–H and O–H groups in total. The van der Waals surface area contributed by atoms with Crippen molar-refractivity contribution in [2.75, 3.05) is 13.2 Å². The highest BCUT2D eigenvalue weighted by Crippen LogP contribution is 2.28. The second-order valence-electron chi connectivity index (χ2n) is 4.74. The molecular formula is C10H18N4O3S. The molecule has 2 heterocycles. The average molecular weight is 274 g/mol. The first-order valence-electron chi connectivity index (χ1n) is 5.96. The molecule has 102 valence electrons. The predicted molar refractivity (Wildman–Crippen MR) is 64.6 cm³/mol. The van der Waals surface area contributed by atoms with Crippen molar-refractivity contribution in [1.82, 2.24) is 14.8 Å². The van der Waals surface area contributed by atoms with Gasteiger partial charge in [-0.3, -0.25) is 4.57 Å². The molecule has 0 bridgehead atoms. The van der Waals surface area contributed by atoms with E-state index in [0.717, 1.165) is 12.8 Å². The molecule has 1 saturated heterocycles. The van der Waals surface area contributed by atoms with E-state index >= 15 is 0 Å². The third-order valence-corrected chi connectivity index (χ3v) is 3.84. The van der Waals surface area contributed by atoms with Crippen molar-refractivity contribution in [2.24, 2.45) is 5.14 Å². The van der Waals surface area contributed by atoms with E-state index in [1.165, 1.54) is 0 Å². The van der Waals surface area contributed by atoms with Gasteiger partial charge in [0.25, 0.3) is 15.2 Å². The lowest BCUT2D eigenvalue weighted by molar-refractivity contribution is 0.0823. The van der Waals surface area contributed by atoms with E-state index in [0.29, 0.717) is 19.0 Å². The Morgan fingerprint density at radius 3 is 2.44 bits per heavy atom. The molecule has 1 aromatic rings. The zero-order valence-electron chi connectivity index (χ0n) is 10.5. The van der Waals surface area contributed by atoms with Gasteiger partial charge in [-0.05, 0) is 26.7 Å². The van der Waals surface area contributed by atoms with Crippen LogP contribution in [0.2, 0.25) is 0 Å². The topological polar surface area (TPSA) is 100 Å². The van der Waals surface area contributed by atoms with E-state index in [1.807, 2.05) is 13.8 Å². The zero-order chi connectivity index (χ0) is 13.3. The molecule has 0 atom stereocenters. The number of ether oxygens (including phenoxy) is 1. The molecule has 0 radical (unpaired) electrons. The van der Waals surface area contributed by atoms with E-state index in [1.54, 1.807) is 4.57 Å². The minimum absolute atomic E-state index is 0.0498. The quantitative estimate of drug-likeness (QED) is 0.860. The van der Waals surface area contributed by atoms with Crippen molar-refractivity contribution >= 4 is 10.0 Å². The summed E-state index contributed by atoms with van der Waals surface area (Å²) in [6.07, 6.45) is 1.66. The summed E-state index contributed by atoms with van der Waals surface area (Å²) in [5.74, 6) is 0.876. The molecule has 0 aromatic carbocycles. The molecule has 1 aliphatic rings. The Bertz CT molecular complexity index is 517. The number of nitrogens with two attached hydrogens (primary N) is 1. The van der Waals surface area contributed by atoms with Crippen molar-refractivity contribution in [2.45, 2.75) is 43.8 Å². The largest absolute Gasteiger partial charge is 0.381 e. The number of primary sulfonamides is 1. The third kappa shape index (κ3) is 2.55. The van der Waals surface area contributed by atoms with Gasteiger partial charge in [0.15, 0.2) is 0 Å². The first kappa shape index (κ1) is 13.4. The Kier molecular flexibility index (Phi) is 3.69. The van der Waals surface area contributed by atoms with Crippen molar-refractivity contribution in [3.8, 4) is 0 Å². The predicted octanol–water partition coefficient (Wildman–Crippen LogP) is 0.400. The number of rotatable bonds is 3. The van der Waals surface area contributed by atoms with Gasteiger partial charge in [-0.2, -0.15) is 0 Å². The molecule has 7 nitrogen and oxygen atoms in total. The van der Waals surface area contributed by atoms with Crippen LogP contribution in [0.5, 0.6) is 0 Å². The molecule has 0 amide bonds. The van der Waals surface area contributed by atoms with Gasteiger partial charge in [0.2, 0.25) is 0 Å². The fourth-order valence-corrected chi connectivity index (χ4v) is 2.94. The lowest BCUT2D eigenvalue weighted by Crippen LogP contribution is -2.23. The van der Waals surface area contributed by atoms with Crippen LogP contribution in [0.4, 0.5) is 0 Å². The van der Waals surface area contributed by atoms with Crippen LogP contribution in [-0.4, -0.2) is 36.4 Å². The van der Waals surface area contributed by atoms with Crippen LogP contribution in [-0.2, 0) is 14.8 Å². The molecule has 0 saturated carbocycles. The number of nitrogens with zero attached hydrogens (tertiary/aromatic N) is 3. The van der Waals surface area contributed by atoms with Gasteiger partial charge in [-0.1, -0.05) is 0 Å². The first-order chi connectivity index (χ1) is 8.41. The number of hydrogen-bond acceptors (Lipinski definition) is 5. The van der Waals surface area contributed by atoms with Crippen molar-refractivity contribution in [3.63, 3.8) is 0 Å². The lowest BCUT2D eigenvalue weighted by atomic mass is 9.99. The minimum Gasteiger partial charge on any atom is -0.381 e. The van der Waals surface area contributed by atoms with Crippen LogP contribution in [0.1, 0.15) is 44.5 Å². The zero-order valence-corrected chi connectivity index (χ0v) is 11.4. The lowest BCUT2D eigenvalue weighted by Gasteiger charge is -2.23. The summed E-state index contributed by atoms with van der Waals surface area (Å²) >= 11 is 0. The van der Waals surface area contributed by atoms with Gasteiger partial charge < -0.3 is 4.74 Å². The Hall–Kier alpha value is -0.990. The van der Waals surface area contributed by atoms with Crippen LogP contribution in [0.15, 0.2) is 5.16 Å². The fraction of sp³-hybridized carbons (Fsp3) is 0.800. The second-order valence-corrected chi connectivity index (χ2v) is 6.19. The number of sulfonamides is 1. The second kappa shape index (κ2) is 4.94. The molecule has 1 aromatic heterocycles. The molecule has 0 spiro atoms. The van der Waals surface area contributed by atoms with Gasteiger partial charge in [0.05, 0.1) is 0 Å². The molecule has 1 aliphatic heterocycles. The summed E-state index contributed by atoms with van der Waals surface area (Å²) in [6, 6.07) is -0.0498. The van der Waals surface area contributed by atoms with Crippen molar-refractivity contribution in [1.29, 1.82) is 0 Å². The maximum absolute atomic E-state index is 11.5. The first-order valence-corrected chi connectivity index (χ1v) is 7.51. The summed E-state index contributed by atoms with van der Waals surface area (Å²) < 4.78 is 29.9. The van der Waals surface area contributed by atoms with Gasteiger partial charge in [0.1, 0.15) is 5.82 Å². The SMILES string of the molecule is CC(C)n1c(C2CCOCC2)nnc1S(N)(=O)=O. The Morgan fingerprint density at radius 1 is 1.33 bits per heavy atom. The van der Waals surface area contributed by atoms with Gasteiger partial charge >= 0.3 is 0 Å². The Labute approximate surface area is 106 Å². The average Bonchev–Trinajstić information content (AvgIpc) is 2.74. The Balaban J connectivity index is 2.45. The van der Waals surface area contributed by atoms with Crippen LogP contribution < -0.4 is 5.14 Å². The summed E-state index contributed by atoms with van der Waals surface area (Å²) in [5, 5.41) is 12.8. The molecule has 1 fully saturated rings. The van der Waals surface area contributed by atoms with Gasteiger partial charge in [0, 0.05) is 25.2 Å². The van der Waals surface area contributed by atoms with Gasteiger partial charge in [-0.25, -0.2) is 13.6 Å². The molecule has 0 unspecified atom stereocenters. The highest BCUT2D eigenvalue weighted by Gasteiger charge is 2.28. The normalized spacial score (nSPS) is 18.4. The Morgan fingerprint density at radius 2 is 1.94 bits per heavy atom. The standard InChI is InChI=1S/C10H18N4O3S/c1-7(2)14-9(8-3-5-17-6-4-8)12-13-10(14)18(11,15)16/h7-8H,3-6H2,1-2H3,(H2,11,15,16). The summed E-state index contributed by atoms with van der Waals surface area (Å²) in [6.45, 7) is 5.11. The smallest absolute Gasteiger partial charge is 0.273 e. The minimum atomic E-state index is -3.84. The maximum Gasteiger partial charge on any atom is 0.273 e. The molecule has 0 aliphatic carbocycles. The van der Waals surface area contributed by atoms with E-state index in [9.17, 15) is 8.42 Å². The highest BCUT2D eigenvalue weighted by atomic mass is 32.2. The van der Waals surface area contributed by atoms with Crippen LogP contribution in [0.25, 0.3) is 0 Å². The van der Waals surface area contributed by atoms with E-state index in [2.05, 4.69) is 10.2 Å². The molecule has 18 heavy (non-hydrogen) atoms. The highest BCUT2D eigenvalue weighted by molar-refractivity contribution is 7.89. The number of hydrogen-bond donors (Lipinski definition) is 1. The third-order valence-electron chi connectivity index (χ3n) is 3.05. The van der Waals surface area contributed by atoms with E-state index in [-0.39, 0.29) is 17.1 Å².